The summed E-state index contributed by atoms with van der Waals surface area (Å²) in [5.41, 5.74) is 11.6. The number of nitrogens with one attached hydrogen (secondary N) is 1. The van der Waals surface area contributed by atoms with E-state index >= 15 is 0 Å². The van der Waals surface area contributed by atoms with Crippen LogP contribution in [0.4, 0.5) is 5.69 Å². The first-order valence-electron chi connectivity index (χ1n) is 9.84. The molecule has 162 valence electrons. The molecule has 0 aliphatic carbocycles. The lowest BCUT2D eigenvalue weighted by Crippen LogP contribution is -2.16. The van der Waals surface area contributed by atoms with Gasteiger partial charge in [0.05, 0.1) is 17.5 Å². The second-order valence-electron chi connectivity index (χ2n) is 7.25. The lowest BCUT2D eigenvalue weighted by molar-refractivity contribution is -0.118. The Bertz CT molecular complexity index is 1310. The van der Waals surface area contributed by atoms with Gasteiger partial charge in [-0.15, -0.1) is 11.3 Å². The molecular weight excluding hydrogens is 424 g/mol. The summed E-state index contributed by atoms with van der Waals surface area (Å²) in [5, 5.41) is 14.3. The van der Waals surface area contributed by atoms with E-state index in [1.807, 2.05) is 24.6 Å². The molecule has 0 bridgehead atoms. The van der Waals surface area contributed by atoms with Crippen LogP contribution in [-0.2, 0) is 24.8 Å². The molecule has 0 saturated heterocycles. The van der Waals surface area contributed by atoms with Crippen molar-refractivity contribution in [3.05, 3.63) is 69.9 Å². The summed E-state index contributed by atoms with van der Waals surface area (Å²) in [6.45, 7) is 2.21. The molecule has 0 aliphatic heterocycles. The number of anilines is 1. The molecule has 1 aromatic carbocycles. The number of hydrogen-bond acceptors (Lipinski definition) is 8. The second kappa shape index (κ2) is 9.06. The summed E-state index contributed by atoms with van der Waals surface area (Å²) in [6.07, 6.45) is 9.28. The summed E-state index contributed by atoms with van der Waals surface area (Å²) in [7, 11) is 1.96. The summed E-state index contributed by atoms with van der Waals surface area (Å²) in [4.78, 5) is 24.6. The Hall–Kier alpha value is -3.92. The minimum absolute atomic E-state index is 0.215. The van der Waals surface area contributed by atoms with E-state index in [0.717, 1.165) is 37.7 Å². The van der Waals surface area contributed by atoms with Crippen LogP contribution in [0.1, 0.15) is 33.0 Å². The molecule has 1 amide bonds. The number of nitrogens with two attached hydrogens (primary N) is 1. The molecule has 4 aromatic rings. The fourth-order valence-corrected chi connectivity index (χ4v) is 4.63. The Morgan fingerprint density at radius 3 is 2.78 bits per heavy atom. The fourth-order valence-electron chi connectivity index (χ4n) is 3.44. The van der Waals surface area contributed by atoms with E-state index < -0.39 is 0 Å². The van der Waals surface area contributed by atoms with Gasteiger partial charge in [0.25, 0.3) is 0 Å². The van der Waals surface area contributed by atoms with Crippen molar-refractivity contribution in [2.24, 2.45) is 12.1 Å². The van der Waals surface area contributed by atoms with Crippen molar-refractivity contribution in [1.82, 2.24) is 24.5 Å². The molecular formula is C22H22N8OS. The van der Waals surface area contributed by atoms with E-state index in [-0.39, 0.29) is 6.54 Å². The maximum atomic E-state index is 11.7. The van der Waals surface area contributed by atoms with Crippen molar-refractivity contribution < 1.29 is 4.79 Å². The van der Waals surface area contributed by atoms with E-state index in [1.165, 1.54) is 17.6 Å². The highest BCUT2D eigenvalue weighted by Gasteiger charge is 2.17. The van der Waals surface area contributed by atoms with Crippen molar-refractivity contribution in [1.29, 1.82) is 5.41 Å². The second-order valence-corrected chi connectivity index (χ2v) is 8.34. The van der Waals surface area contributed by atoms with Gasteiger partial charge in [0, 0.05) is 54.6 Å². The van der Waals surface area contributed by atoms with Crippen LogP contribution < -0.4 is 5.73 Å². The van der Waals surface area contributed by atoms with Gasteiger partial charge in [0.2, 0.25) is 6.41 Å². The lowest BCUT2D eigenvalue weighted by Gasteiger charge is -2.14. The largest absolute Gasteiger partial charge is 0.398 e. The first-order chi connectivity index (χ1) is 15.5. The molecule has 0 aliphatic rings. The van der Waals surface area contributed by atoms with E-state index in [0.29, 0.717) is 24.1 Å². The number of hydrogen-bond donors (Lipinski definition) is 2. The highest BCUT2D eigenvalue weighted by molar-refractivity contribution is 7.19. The zero-order chi connectivity index (χ0) is 22.7. The first kappa shape index (κ1) is 21.3. The molecule has 0 atom stereocenters. The Morgan fingerprint density at radius 2 is 2.06 bits per heavy atom. The average molecular weight is 447 g/mol. The zero-order valence-corrected chi connectivity index (χ0v) is 18.5. The molecule has 4 rings (SSSR count). The highest BCUT2D eigenvalue weighted by Crippen LogP contribution is 2.30. The lowest BCUT2D eigenvalue weighted by atomic mass is 10.1. The van der Waals surface area contributed by atoms with Gasteiger partial charge in [-0.1, -0.05) is 12.1 Å². The quantitative estimate of drug-likeness (QED) is 0.186. The van der Waals surface area contributed by atoms with E-state index in [1.54, 1.807) is 42.1 Å². The van der Waals surface area contributed by atoms with Crippen molar-refractivity contribution in [3.63, 3.8) is 0 Å². The molecule has 0 unspecified atom stereocenters. The van der Waals surface area contributed by atoms with Crippen molar-refractivity contribution in [2.45, 2.75) is 19.9 Å². The van der Waals surface area contributed by atoms with Crippen LogP contribution in [0.5, 0.6) is 0 Å². The van der Waals surface area contributed by atoms with Crippen molar-refractivity contribution in [2.75, 3.05) is 5.73 Å². The van der Waals surface area contributed by atoms with E-state index in [9.17, 15) is 4.79 Å². The number of carbonyl (C=O) groups is 1. The number of aryl methyl sites for hydroxylation is 1. The zero-order valence-electron chi connectivity index (χ0n) is 17.7. The topological polar surface area (TPSA) is 126 Å². The third kappa shape index (κ3) is 4.12. The number of carbonyl (C=O) groups excluding carboxylic acids is 1. The number of nitrogen functional groups attached to an aromatic ring is 1. The third-order valence-electron chi connectivity index (χ3n) is 5.24. The van der Waals surface area contributed by atoms with Crippen LogP contribution in [0.25, 0.3) is 10.3 Å². The monoisotopic (exact) mass is 446 g/mol. The van der Waals surface area contributed by atoms with Gasteiger partial charge in [0.1, 0.15) is 11.3 Å². The molecule has 9 nitrogen and oxygen atoms in total. The maximum absolute atomic E-state index is 11.7. The van der Waals surface area contributed by atoms with Crippen LogP contribution in [0.15, 0.2) is 42.0 Å². The number of aromatic nitrogens is 4. The summed E-state index contributed by atoms with van der Waals surface area (Å²) in [5.74, 6) is 0. The SMILES string of the molecule is Cc1c(/C=N\N(C=O)Cc2cccc(N)c2C=N)c2sc(Cc3cncnc3)nc2n1C. The van der Waals surface area contributed by atoms with Crippen LogP contribution in [-0.4, -0.2) is 43.4 Å². The molecule has 0 radical (unpaired) electrons. The number of amides is 1. The van der Waals surface area contributed by atoms with Gasteiger partial charge in [-0.05, 0) is 24.1 Å². The highest BCUT2D eigenvalue weighted by atomic mass is 32.1. The van der Waals surface area contributed by atoms with Crippen molar-refractivity contribution in [3.8, 4) is 0 Å². The fraction of sp³-hybridized carbons (Fsp3) is 0.182. The van der Waals surface area contributed by atoms with Gasteiger partial charge >= 0.3 is 0 Å². The van der Waals surface area contributed by atoms with Crippen LogP contribution in [0.3, 0.4) is 0 Å². The van der Waals surface area contributed by atoms with Gasteiger partial charge in [-0.25, -0.2) is 20.0 Å². The molecule has 0 spiro atoms. The predicted molar refractivity (Wildman–Crippen MR) is 126 cm³/mol. The Labute approximate surface area is 188 Å². The van der Waals surface area contributed by atoms with Crippen LogP contribution in [0, 0.1) is 12.3 Å². The molecule has 0 fully saturated rings. The summed E-state index contributed by atoms with van der Waals surface area (Å²) < 4.78 is 3.03. The normalized spacial score (nSPS) is 11.3. The molecule has 32 heavy (non-hydrogen) atoms. The Balaban J connectivity index is 1.62. The molecule has 3 aromatic heterocycles. The first-order valence-corrected chi connectivity index (χ1v) is 10.7. The number of thiazole rings is 1. The summed E-state index contributed by atoms with van der Waals surface area (Å²) >= 11 is 1.59. The molecule has 3 heterocycles. The smallest absolute Gasteiger partial charge is 0.230 e. The minimum Gasteiger partial charge on any atom is -0.398 e. The Kier molecular flexibility index (Phi) is 6.04. The molecule has 0 saturated carbocycles. The van der Waals surface area contributed by atoms with E-state index in [4.69, 9.17) is 16.1 Å². The number of nitrogens with zero attached hydrogens (tertiary/aromatic N) is 6. The Morgan fingerprint density at radius 1 is 1.28 bits per heavy atom. The van der Waals surface area contributed by atoms with Gasteiger partial charge < -0.3 is 15.7 Å². The van der Waals surface area contributed by atoms with E-state index in [2.05, 4.69) is 15.1 Å². The van der Waals surface area contributed by atoms with Gasteiger partial charge in [-0.3, -0.25) is 4.79 Å². The molecule has 10 heteroatoms. The van der Waals surface area contributed by atoms with Gasteiger partial charge in [0.15, 0.2) is 5.65 Å². The number of rotatable bonds is 8. The van der Waals surface area contributed by atoms with Crippen LogP contribution >= 0.6 is 11.3 Å². The number of fused-ring (bicyclic) bond motifs is 1. The average Bonchev–Trinajstić information content (AvgIpc) is 3.30. The number of hydrazone groups is 1. The predicted octanol–water partition coefficient (Wildman–Crippen LogP) is 2.90. The van der Waals surface area contributed by atoms with Crippen molar-refractivity contribution >= 4 is 46.2 Å². The number of benzene rings is 1. The maximum Gasteiger partial charge on any atom is 0.230 e. The third-order valence-corrected chi connectivity index (χ3v) is 6.32. The standard InChI is InChI=1S/C22H22N8OS/c1-14-18(10-27-30(13-31)11-16-4-3-5-19(24)17(16)7-23)21-22(29(14)2)28-20(32-21)6-15-8-25-12-26-9-15/h3-5,7-10,12-13,23H,6,11,24H2,1-2H3/b23-7?,27-10-. The minimum atomic E-state index is 0.215. The van der Waals surface area contributed by atoms with Crippen LogP contribution in [0.2, 0.25) is 0 Å². The summed E-state index contributed by atoms with van der Waals surface area (Å²) in [6, 6.07) is 5.36. The van der Waals surface area contributed by atoms with Gasteiger partial charge in [-0.2, -0.15) is 5.10 Å². The molecule has 3 N–H and O–H groups in total.